The van der Waals surface area contributed by atoms with E-state index in [9.17, 15) is 4.79 Å². The molecule has 6 nitrogen and oxygen atoms in total. The molecule has 0 radical (unpaired) electrons. The highest BCUT2D eigenvalue weighted by Crippen LogP contribution is 2.41. The molecule has 0 unspecified atom stereocenters. The van der Waals surface area contributed by atoms with Gasteiger partial charge in [-0.15, -0.1) is 0 Å². The number of morpholine rings is 1. The predicted molar refractivity (Wildman–Crippen MR) is 94.5 cm³/mol. The van der Waals surface area contributed by atoms with Crippen LogP contribution in [0.25, 0.3) is 0 Å². The maximum Gasteiger partial charge on any atom is 0.291 e. The van der Waals surface area contributed by atoms with Crippen LogP contribution in [0.3, 0.4) is 0 Å². The van der Waals surface area contributed by atoms with Crippen LogP contribution in [0.1, 0.15) is 30.0 Å². The molecule has 132 valence electrons. The number of amides is 1. The third kappa shape index (κ3) is 3.22. The minimum absolute atomic E-state index is 0.228. The van der Waals surface area contributed by atoms with Crippen LogP contribution < -0.4 is 15.0 Å². The van der Waals surface area contributed by atoms with E-state index in [1.165, 1.54) is 6.26 Å². The number of anilines is 2. The summed E-state index contributed by atoms with van der Waals surface area (Å²) < 4.78 is 16.7. The second-order valence-electron chi connectivity index (χ2n) is 7.05. The number of nitrogens with one attached hydrogen (secondary N) is 1. The van der Waals surface area contributed by atoms with E-state index in [0.717, 1.165) is 42.2 Å². The fourth-order valence-electron chi connectivity index (χ4n) is 3.40. The first kappa shape index (κ1) is 16.0. The first-order valence-corrected chi connectivity index (χ1v) is 8.55. The van der Waals surface area contributed by atoms with Crippen LogP contribution in [0.2, 0.25) is 0 Å². The van der Waals surface area contributed by atoms with Gasteiger partial charge in [0, 0.05) is 31.1 Å². The summed E-state index contributed by atoms with van der Waals surface area (Å²) in [6, 6.07) is 7.42. The van der Waals surface area contributed by atoms with E-state index in [4.69, 9.17) is 13.9 Å². The quantitative estimate of drug-likeness (QED) is 0.929. The molecule has 1 saturated heterocycles. The van der Waals surface area contributed by atoms with Gasteiger partial charge in [-0.2, -0.15) is 0 Å². The summed E-state index contributed by atoms with van der Waals surface area (Å²) in [6.07, 6.45) is 2.31. The Morgan fingerprint density at radius 3 is 2.76 bits per heavy atom. The van der Waals surface area contributed by atoms with Gasteiger partial charge in [-0.3, -0.25) is 4.79 Å². The number of nitrogens with zero attached hydrogens (tertiary/aromatic N) is 1. The lowest BCUT2D eigenvalue weighted by molar-refractivity contribution is 0.0996. The van der Waals surface area contributed by atoms with E-state index >= 15 is 0 Å². The van der Waals surface area contributed by atoms with Gasteiger partial charge in [0.2, 0.25) is 0 Å². The van der Waals surface area contributed by atoms with E-state index in [2.05, 4.69) is 24.1 Å². The van der Waals surface area contributed by atoms with E-state index in [1.807, 2.05) is 12.1 Å². The van der Waals surface area contributed by atoms with Crippen molar-refractivity contribution in [3.63, 3.8) is 0 Å². The molecule has 0 atom stereocenters. The summed E-state index contributed by atoms with van der Waals surface area (Å²) in [7, 11) is 0. The average Bonchev–Trinajstić information content (AvgIpc) is 3.21. The molecule has 2 aromatic rings. The van der Waals surface area contributed by atoms with Crippen LogP contribution in [0.4, 0.5) is 11.4 Å². The lowest BCUT2D eigenvalue weighted by Crippen LogP contribution is -2.36. The zero-order valence-electron chi connectivity index (χ0n) is 14.5. The van der Waals surface area contributed by atoms with Gasteiger partial charge in [-0.05, 0) is 32.0 Å². The third-order valence-corrected chi connectivity index (χ3v) is 4.53. The fourth-order valence-corrected chi connectivity index (χ4v) is 3.40. The number of hydrogen-bond acceptors (Lipinski definition) is 5. The van der Waals surface area contributed by atoms with Crippen molar-refractivity contribution >= 4 is 17.3 Å². The smallest absolute Gasteiger partial charge is 0.291 e. The molecule has 0 bridgehead atoms. The summed E-state index contributed by atoms with van der Waals surface area (Å²) in [5.74, 6) is 0.935. The standard InChI is InChI=1S/C19H22N2O4/c1-19(2)12-13-10-14(20-18(22)16-4-3-7-24-16)15(11-17(13)25-19)21-5-8-23-9-6-21/h3-4,7,10-11H,5-6,8-9,12H2,1-2H3,(H,20,22). The molecular weight excluding hydrogens is 320 g/mol. The summed E-state index contributed by atoms with van der Waals surface area (Å²) in [5.41, 5.74) is 2.62. The first-order valence-electron chi connectivity index (χ1n) is 8.55. The van der Waals surface area contributed by atoms with Gasteiger partial charge < -0.3 is 24.1 Å². The zero-order chi connectivity index (χ0) is 17.4. The molecule has 1 aromatic carbocycles. The minimum atomic E-state index is -0.252. The topological polar surface area (TPSA) is 63.9 Å². The lowest BCUT2D eigenvalue weighted by Gasteiger charge is -2.31. The molecule has 25 heavy (non-hydrogen) atoms. The lowest BCUT2D eigenvalue weighted by atomic mass is 10.0. The van der Waals surface area contributed by atoms with Crippen molar-refractivity contribution in [1.82, 2.24) is 0 Å². The van der Waals surface area contributed by atoms with E-state index in [1.54, 1.807) is 12.1 Å². The Morgan fingerprint density at radius 2 is 2.04 bits per heavy atom. The van der Waals surface area contributed by atoms with Gasteiger partial charge in [0.15, 0.2) is 5.76 Å². The highest BCUT2D eigenvalue weighted by atomic mass is 16.5. The predicted octanol–water partition coefficient (Wildman–Crippen LogP) is 3.08. The number of ether oxygens (including phenoxy) is 2. The van der Waals surface area contributed by atoms with Crippen molar-refractivity contribution in [2.75, 3.05) is 36.5 Å². The van der Waals surface area contributed by atoms with Crippen LogP contribution in [-0.4, -0.2) is 37.8 Å². The molecule has 2 aliphatic rings. The number of carbonyl (C=O) groups is 1. The largest absolute Gasteiger partial charge is 0.487 e. The molecule has 4 rings (SSSR count). The van der Waals surface area contributed by atoms with Crippen molar-refractivity contribution in [3.05, 3.63) is 41.9 Å². The summed E-state index contributed by atoms with van der Waals surface area (Å²) >= 11 is 0. The molecule has 2 aliphatic heterocycles. The van der Waals surface area contributed by atoms with Crippen LogP contribution >= 0.6 is 0 Å². The molecule has 1 aromatic heterocycles. The molecule has 1 amide bonds. The number of rotatable bonds is 3. The normalized spacial score (nSPS) is 18.6. The van der Waals surface area contributed by atoms with Gasteiger partial charge in [-0.1, -0.05) is 0 Å². The van der Waals surface area contributed by atoms with Crippen molar-refractivity contribution in [2.45, 2.75) is 25.9 Å². The Morgan fingerprint density at radius 1 is 1.24 bits per heavy atom. The summed E-state index contributed by atoms with van der Waals surface area (Å²) in [6.45, 7) is 7.06. The number of furan rings is 1. The molecular formula is C19H22N2O4. The Balaban J connectivity index is 1.69. The van der Waals surface area contributed by atoms with Crippen molar-refractivity contribution in [1.29, 1.82) is 0 Å². The molecule has 0 saturated carbocycles. The monoisotopic (exact) mass is 342 g/mol. The Kier molecular flexibility index (Phi) is 3.92. The van der Waals surface area contributed by atoms with Crippen LogP contribution in [0.5, 0.6) is 5.75 Å². The fraction of sp³-hybridized carbons (Fsp3) is 0.421. The molecule has 0 aliphatic carbocycles. The number of benzene rings is 1. The maximum atomic E-state index is 12.5. The second kappa shape index (κ2) is 6.11. The van der Waals surface area contributed by atoms with Gasteiger partial charge >= 0.3 is 0 Å². The van der Waals surface area contributed by atoms with Crippen molar-refractivity contribution in [2.24, 2.45) is 0 Å². The van der Waals surface area contributed by atoms with Crippen molar-refractivity contribution in [3.8, 4) is 5.75 Å². The molecule has 1 N–H and O–H groups in total. The van der Waals surface area contributed by atoms with Gasteiger partial charge in [0.05, 0.1) is 30.9 Å². The Bertz CT molecular complexity index is 777. The average molecular weight is 342 g/mol. The minimum Gasteiger partial charge on any atom is -0.487 e. The number of fused-ring (bicyclic) bond motifs is 1. The van der Waals surface area contributed by atoms with E-state index < -0.39 is 0 Å². The van der Waals surface area contributed by atoms with Crippen molar-refractivity contribution < 1.29 is 18.7 Å². The van der Waals surface area contributed by atoms with E-state index in [0.29, 0.717) is 19.0 Å². The van der Waals surface area contributed by atoms with Gasteiger partial charge in [0.25, 0.3) is 5.91 Å². The van der Waals surface area contributed by atoms with Gasteiger partial charge in [-0.25, -0.2) is 0 Å². The van der Waals surface area contributed by atoms with Crippen LogP contribution in [0, 0.1) is 0 Å². The highest BCUT2D eigenvalue weighted by Gasteiger charge is 2.32. The second-order valence-corrected chi connectivity index (χ2v) is 7.05. The SMILES string of the molecule is CC1(C)Cc2cc(NC(=O)c3ccco3)c(N3CCOCC3)cc2O1. The Labute approximate surface area is 146 Å². The van der Waals surface area contributed by atoms with Gasteiger partial charge in [0.1, 0.15) is 11.4 Å². The molecule has 1 fully saturated rings. The Hall–Kier alpha value is -2.47. The maximum absolute atomic E-state index is 12.5. The zero-order valence-corrected chi connectivity index (χ0v) is 14.5. The number of carbonyl (C=O) groups excluding carboxylic acids is 1. The van der Waals surface area contributed by atoms with E-state index in [-0.39, 0.29) is 11.5 Å². The van der Waals surface area contributed by atoms with Crippen LogP contribution in [0.15, 0.2) is 34.9 Å². The highest BCUT2D eigenvalue weighted by molar-refractivity contribution is 6.04. The number of hydrogen-bond donors (Lipinski definition) is 1. The molecule has 0 spiro atoms. The first-order chi connectivity index (χ1) is 12.0. The molecule has 3 heterocycles. The summed E-state index contributed by atoms with van der Waals surface area (Å²) in [5, 5.41) is 3.00. The summed E-state index contributed by atoms with van der Waals surface area (Å²) in [4.78, 5) is 14.7. The van der Waals surface area contributed by atoms with Crippen LogP contribution in [-0.2, 0) is 11.2 Å². The third-order valence-electron chi connectivity index (χ3n) is 4.53. The molecule has 6 heteroatoms.